The van der Waals surface area contributed by atoms with Gasteiger partial charge in [0.2, 0.25) is 10.0 Å². The number of hydrogen-bond donors (Lipinski definition) is 0. The highest BCUT2D eigenvalue weighted by atomic mass is 79.9. The Hall–Kier alpha value is 0.190. The summed E-state index contributed by atoms with van der Waals surface area (Å²) in [6.45, 7) is 6.70. The summed E-state index contributed by atoms with van der Waals surface area (Å²) in [6, 6.07) is 3.08. The fraction of sp³-hybridized carbons (Fsp3) is 0.538. The molecule has 1 aromatic carbocycles. The minimum atomic E-state index is -3.69. The Labute approximate surface area is 139 Å². The monoisotopic (exact) mass is 401 g/mol. The molecule has 20 heavy (non-hydrogen) atoms. The molecule has 0 aromatic heterocycles. The van der Waals surface area contributed by atoms with Crippen LogP contribution in [0.5, 0.6) is 0 Å². The first-order chi connectivity index (χ1) is 9.23. The highest BCUT2D eigenvalue weighted by molar-refractivity contribution is 9.10. The smallest absolute Gasteiger partial charge is 0.207 e. The van der Waals surface area contributed by atoms with Crippen molar-refractivity contribution in [2.75, 3.05) is 13.1 Å². The number of sulfonamides is 1. The molecule has 1 unspecified atom stereocenters. The maximum Gasteiger partial charge on any atom is 0.246 e. The first-order valence-electron chi connectivity index (χ1n) is 6.38. The number of rotatable bonds is 6. The largest absolute Gasteiger partial charge is 0.246 e. The van der Waals surface area contributed by atoms with Crippen LogP contribution in [0.25, 0.3) is 0 Å². The fourth-order valence-electron chi connectivity index (χ4n) is 1.78. The molecule has 0 spiro atoms. The zero-order valence-electron chi connectivity index (χ0n) is 11.7. The maximum atomic E-state index is 12.7. The van der Waals surface area contributed by atoms with Crippen molar-refractivity contribution in [1.29, 1.82) is 0 Å². The second kappa shape index (κ2) is 7.45. The zero-order chi connectivity index (χ0) is 15.5. The third-order valence-corrected chi connectivity index (χ3v) is 6.45. The summed E-state index contributed by atoms with van der Waals surface area (Å²) in [7, 11) is -3.69. The van der Waals surface area contributed by atoms with Crippen LogP contribution in [0.1, 0.15) is 27.2 Å². The summed E-state index contributed by atoms with van der Waals surface area (Å²) in [6.07, 6.45) is 0.911. The molecule has 1 aromatic rings. The summed E-state index contributed by atoms with van der Waals surface area (Å²) in [4.78, 5) is -0.0193. The Kier molecular flexibility index (Phi) is 6.80. The molecule has 1 rings (SSSR count). The molecule has 0 aliphatic carbocycles. The summed E-state index contributed by atoms with van der Waals surface area (Å²) in [5.41, 5.74) is 0. The van der Waals surface area contributed by atoms with Gasteiger partial charge in [0, 0.05) is 17.6 Å². The van der Waals surface area contributed by atoms with Crippen LogP contribution in [-0.4, -0.2) is 25.8 Å². The molecule has 0 amide bonds. The van der Waals surface area contributed by atoms with Crippen molar-refractivity contribution in [3.05, 3.63) is 26.7 Å². The van der Waals surface area contributed by atoms with E-state index in [1.165, 1.54) is 16.4 Å². The van der Waals surface area contributed by atoms with Crippen LogP contribution in [0.15, 0.2) is 21.5 Å². The highest BCUT2D eigenvalue weighted by Crippen LogP contribution is 2.34. The lowest BCUT2D eigenvalue weighted by molar-refractivity contribution is 0.361. The molecular formula is C13H18BrCl2NO2S. The van der Waals surface area contributed by atoms with E-state index in [1.54, 1.807) is 6.92 Å². The van der Waals surface area contributed by atoms with Gasteiger partial charge in [-0.15, -0.1) is 0 Å². The first-order valence-corrected chi connectivity index (χ1v) is 9.37. The minimum Gasteiger partial charge on any atom is -0.207 e. The van der Waals surface area contributed by atoms with Gasteiger partial charge in [0.05, 0.1) is 10.0 Å². The Morgan fingerprint density at radius 1 is 1.25 bits per heavy atom. The molecule has 0 radical (unpaired) electrons. The van der Waals surface area contributed by atoms with Gasteiger partial charge in [-0.3, -0.25) is 0 Å². The van der Waals surface area contributed by atoms with Gasteiger partial charge in [0.25, 0.3) is 0 Å². The molecule has 0 fully saturated rings. The zero-order valence-corrected chi connectivity index (χ0v) is 15.6. The van der Waals surface area contributed by atoms with E-state index in [2.05, 4.69) is 15.9 Å². The number of benzene rings is 1. The molecule has 7 heteroatoms. The van der Waals surface area contributed by atoms with Gasteiger partial charge in [-0.05, 0) is 18.1 Å². The first kappa shape index (κ1) is 18.2. The van der Waals surface area contributed by atoms with Gasteiger partial charge in [-0.25, -0.2) is 8.42 Å². The third-order valence-electron chi connectivity index (χ3n) is 3.13. The van der Waals surface area contributed by atoms with E-state index in [9.17, 15) is 8.42 Å². The van der Waals surface area contributed by atoms with Crippen molar-refractivity contribution >= 4 is 49.2 Å². The summed E-state index contributed by atoms with van der Waals surface area (Å²) < 4.78 is 27.5. The molecule has 0 N–H and O–H groups in total. The van der Waals surface area contributed by atoms with E-state index in [0.717, 1.165) is 6.42 Å². The predicted octanol–water partition coefficient (Wildman–Crippen LogP) is 4.81. The molecule has 0 heterocycles. The lowest BCUT2D eigenvalue weighted by Crippen LogP contribution is -2.34. The Morgan fingerprint density at radius 2 is 1.75 bits per heavy atom. The summed E-state index contributed by atoms with van der Waals surface area (Å²) in [5.74, 6) is 0.276. The average Bonchev–Trinajstić information content (AvgIpc) is 2.33. The normalized spacial score (nSPS) is 13.8. The lowest BCUT2D eigenvalue weighted by Gasteiger charge is -2.24. The van der Waals surface area contributed by atoms with Crippen molar-refractivity contribution in [3.63, 3.8) is 0 Å². The van der Waals surface area contributed by atoms with Crippen LogP contribution in [0.2, 0.25) is 10.0 Å². The lowest BCUT2D eigenvalue weighted by atomic mass is 10.1. The van der Waals surface area contributed by atoms with Crippen LogP contribution < -0.4 is 0 Å². The Morgan fingerprint density at radius 3 is 2.15 bits per heavy atom. The third kappa shape index (κ3) is 4.10. The number of nitrogens with zero attached hydrogens (tertiary/aromatic N) is 1. The maximum absolute atomic E-state index is 12.7. The van der Waals surface area contributed by atoms with Gasteiger partial charge in [0.15, 0.2) is 0 Å². The van der Waals surface area contributed by atoms with E-state index in [4.69, 9.17) is 23.2 Å². The molecule has 0 aliphatic heterocycles. The van der Waals surface area contributed by atoms with Gasteiger partial charge >= 0.3 is 0 Å². The van der Waals surface area contributed by atoms with Crippen LogP contribution in [0.4, 0.5) is 0 Å². The summed E-state index contributed by atoms with van der Waals surface area (Å²) >= 11 is 15.4. The van der Waals surface area contributed by atoms with Gasteiger partial charge < -0.3 is 0 Å². The van der Waals surface area contributed by atoms with E-state index >= 15 is 0 Å². The van der Waals surface area contributed by atoms with Crippen LogP contribution in [-0.2, 0) is 10.0 Å². The van der Waals surface area contributed by atoms with E-state index in [1.807, 2.05) is 13.8 Å². The molecular weight excluding hydrogens is 385 g/mol. The quantitative estimate of drug-likeness (QED) is 0.684. The molecule has 114 valence electrons. The van der Waals surface area contributed by atoms with Gasteiger partial charge in [-0.2, -0.15) is 4.31 Å². The second-order valence-electron chi connectivity index (χ2n) is 4.67. The van der Waals surface area contributed by atoms with Crippen LogP contribution >= 0.6 is 39.1 Å². The molecule has 0 bridgehead atoms. The fourth-order valence-corrected chi connectivity index (χ4v) is 5.23. The highest BCUT2D eigenvalue weighted by Gasteiger charge is 2.29. The van der Waals surface area contributed by atoms with E-state index in [0.29, 0.717) is 17.6 Å². The summed E-state index contributed by atoms with van der Waals surface area (Å²) in [5, 5.41) is 0.263. The van der Waals surface area contributed by atoms with E-state index in [-0.39, 0.29) is 20.9 Å². The number of halogens is 3. The second-order valence-corrected chi connectivity index (χ2v) is 8.27. The SMILES string of the molecule is CCC(C)CN(CC)S(=O)(=O)c1c(Cl)cc(Br)cc1Cl. The van der Waals surface area contributed by atoms with Crippen LogP contribution in [0.3, 0.4) is 0 Å². The van der Waals surface area contributed by atoms with Gasteiger partial charge in [-0.1, -0.05) is 66.3 Å². The van der Waals surface area contributed by atoms with Crippen molar-refractivity contribution in [3.8, 4) is 0 Å². The van der Waals surface area contributed by atoms with Crippen molar-refractivity contribution < 1.29 is 8.42 Å². The standard InChI is InChI=1S/C13H18BrCl2NO2S/c1-4-9(3)8-17(5-2)20(18,19)13-11(15)6-10(14)7-12(13)16/h6-7,9H,4-5,8H2,1-3H3. The van der Waals surface area contributed by atoms with Crippen molar-refractivity contribution in [1.82, 2.24) is 4.31 Å². The molecule has 1 atom stereocenters. The minimum absolute atomic E-state index is 0.0193. The molecule has 0 saturated carbocycles. The molecule has 0 saturated heterocycles. The molecule has 0 aliphatic rings. The average molecular weight is 403 g/mol. The molecule has 3 nitrogen and oxygen atoms in total. The topological polar surface area (TPSA) is 37.4 Å². The predicted molar refractivity (Wildman–Crippen MR) is 88.0 cm³/mol. The van der Waals surface area contributed by atoms with Gasteiger partial charge in [0.1, 0.15) is 4.90 Å². The van der Waals surface area contributed by atoms with Crippen molar-refractivity contribution in [2.45, 2.75) is 32.1 Å². The Bertz CT molecular complexity index is 555. The van der Waals surface area contributed by atoms with Crippen LogP contribution in [0, 0.1) is 5.92 Å². The van der Waals surface area contributed by atoms with Crippen molar-refractivity contribution in [2.24, 2.45) is 5.92 Å². The number of hydrogen-bond acceptors (Lipinski definition) is 2. The van der Waals surface area contributed by atoms with E-state index < -0.39 is 10.0 Å². The Balaban J connectivity index is 3.28.